The number of primary amides is 1. The van der Waals surface area contributed by atoms with Crippen molar-refractivity contribution in [2.45, 2.75) is 193 Å². The summed E-state index contributed by atoms with van der Waals surface area (Å²) in [6.45, 7) is 6.87. The van der Waals surface area contributed by atoms with Gasteiger partial charge in [-0.25, -0.2) is 0 Å². The summed E-state index contributed by atoms with van der Waals surface area (Å²) < 4.78 is 11.2. The van der Waals surface area contributed by atoms with Crippen LogP contribution in [-0.2, 0) is 43.0 Å². The molecule has 0 aliphatic heterocycles. The Balaban J connectivity index is 5.17. The molecule has 15 heteroatoms. The highest BCUT2D eigenvalue weighted by Crippen LogP contribution is 2.15. The van der Waals surface area contributed by atoms with Crippen molar-refractivity contribution in [2.24, 2.45) is 5.73 Å². The molecule has 0 fully saturated rings. The number of carboxylic acid groups (broad SMARTS) is 1. The number of esters is 2. The number of amides is 4. The van der Waals surface area contributed by atoms with Crippen molar-refractivity contribution < 1.29 is 48.1 Å². The highest BCUT2D eigenvalue weighted by molar-refractivity contribution is 7.99. The molecule has 0 saturated heterocycles. The van der Waals surface area contributed by atoms with Crippen LogP contribution in [0.4, 0.5) is 0 Å². The van der Waals surface area contributed by atoms with Gasteiger partial charge >= 0.3 is 17.9 Å². The fourth-order valence-electron chi connectivity index (χ4n) is 5.75. The average molecular weight is 801 g/mol. The van der Waals surface area contributed by atoms with Gasteiger partial charge in [-0.15, -0.1) is 0 Å². The maximum absolute atomic E-state index is 13.1. The zero-order valence-corrected chi connectivity index (χ0v) is 34.9. The SMILES string of the molecule is CCCCCCCCCCCC(=O)OC[C@H](CSC[C@H](NC(C)=O)C(=O)N[C@H](C)C(=O)N[C@@H](CCC(=O)O)C(N)=O)OC(=O)CCCCCCCCCCC. The van der Waals surface area contributed by atoms with Crippen LogP contribution >= 0.6 is 11.8 Å². The van der Waals surface area contributed by atoms with Crippen LogP contribution in [0.2, 0.25) is 0 Å². The van der Waals surface area contributed by atoms with Gasteiger partial charge in [0.05, 0.1) is 0 Å². The third kappa shape index (κ3) is 30.5. The number of nitrogens with two attached hydrogens (primary N) is 1. The van der Waals surface area contributed by atoms with Gasteiger partial charge in [0.1, 0.15) is 30.8 Å². The lowest BCUT2D eigenvalue weighted by molar-refractivity contribution is -0.157. The zero-order chi connectivity index (χ0) is 41.3. The van der Waals surface area contributed by atoms with Crippen LogP contribution in [0.5, 0.6) is 0 Å². The molecule has 0 rings (SSSR count). The van der Waals surface area contributed by atoms with E-state index in [-0.39, 0.29) is 43.3 Å². The Morgan fingerprint density at radius 2 is 1.11 bits per heavy atom. The molecule has 0 saturated carbocycles. The molecule has 0 heterocycles. The number of carbonyl (C=O) groups is 7. The molecule has 0 aliphatic carbocycles. The van der Waals surface area contributed by atoms with Gasteiger partial charge in [0.25, 0.3) is 0 Å². The molecule has 0 aliphatic rings. The van der Waals surface area contributed by atoms with Crippen LogP contribution in [0.15, 0.2) is 0 Å². The second-order valence-corrected chi connectivity index (χ2v) is 15.4. The van der Waals surface area contributed by atoms with Crippen molar-refractivity contribution in [1.82, 2.24) is 16.0 Å². The van der Waals surface area contributed by atoms with Crippen LogP contribution in [0.25, 0.3) is 0 Å². The van der Waals surface area contributed by atoms with E-state index < -0.39 is 66.2 Å². The molecule has 0 radical (unpaired) electrons. The first-order valence-electron chi connectivity index (χ1n) is 20.6. The number of hydrogen-bond acceptors (Lipinski definition) is 10. The number of rotatable bonds is 36. The summed E-state index contributed by atoms with van der Waals surface area (Å²) in [5.74, 6) is -4.56. The van der Waals surface area contributed by atoms with Gasteiger partial charge in [-0.1, -0.05) is 117 Å². The van der Waals surface area contributed by atoms with Crippen LogP contribution in [0.1, 0.15) is 169 Å². The molecule has 0 spiro atoms. The zero-order valence-electron chi connectivity index (χ0n) is 34.1. The number of carboxylic acids is 1. The summed E-state index contributed by atoms with van der Waals surface area (Å²) in [5.41, 5.74) is 5.29. The van der Waals surface area contributed by atoms with Crippen molar-refractivity contribution in [2.75, 3.05) is 18.1 Å². The predicted octanol–water partition coefficient (Wildman–Crippen LogP) is 5.86. The molecule has 0 bridgehead atoms. The number of hydrogen-bond donors (Lipinski definition) is 5. The third-order valence-electron chi connectivity index (χ3n) is 9.04. The van der Waals surface area contributed by atoms with Crippen molar-refractivity contribution in [1.29, 1.82) is 0 Å². The Kier molecular flexibility index (Phi) is 31.9. The van der Waals surface area contributed by atoms with Crippen molar-refractivity contribution in [3.05, 3.63) is 0 Å². The molecule has 55 heavy (non-hydrogen) atoms. The molecule has 0 aromatic rings. The quantitative estimate of drug-likeness (QED) is 0.0373. The monoisotopic (exact) mass is 800 g/mol. The van der Waals surface area contributed by atoms with Gasteiger partial charge in [-0.3, -0.25) is 33.6 Å². The molecule has 14 nitrogen and oxygen atoms in total. The minimum Gasteiger partial charge on any atom is -0.481 e. The molecule has 318 valence electrons. The molecule has 0 unspecified atom stereocenters. The predicted molar refractivity (Wildman–Crippen MR) is 215 cm³/mol. The summed E-state index contributed by atoms with van der Waals surface area (Å²) in [5, 5.41) is 16.3. The largest absolute Gasteiger partial charge is 0.481 e. The van der Waals surface area contributed by atoms with E-state index in [1.807, 2.05) is 0 Å². The Bertz CT molecular complexity index is 1130. The molecule has 4 atom stereocenters. The molecular formula is C40H72N4O10S. The number of aliphatic carboxylic acids is 1. The van der Waals surface area contributed by atoms with Gasteiger partial charge in [0, 0.05) is 37.7 Å². The van der Waals surface area contributed by atoms with Gasteiger partial charge in [-0.05, 0) is 26.2 Å². The number of carbonyl (C=O) groups excluding carboxylic acids is 6. The smallest absolute Gasteiger partial charge is 0.306 e. The lowest BCUT2D eigenvalue weighted by Gasteiger charge is -2.23. The molecule has 0 aromatic carbocycles. The van der Waals surface area contributed by atoms with Crippen molar-refractivity contribution in [3.63, 3.8) is 0 Å². The van der Waals surface area contributed by atoms with Crippen LogP contribution in [-0.4, -0.2) is 89.0 Å². The van der Waals surface area contributed by atoms with E-state index in [4.69, 9.17) is 20.3 Å². The maximum atomic E-state index is 13.1. The number of ether oxygens (including phenoxy) is 2. The van der Waals surface area contributed by atoms with Gasteiger partial charge in [0.15, 0.2) is 0 Å². The van der Waals surface area contributed by atoms with E-state index in [0.717, 1.165) is 44.9 Å². The highest BCUT2D eigenvalue weighted by Gasteiger charge is 2.27. The third-order valence-corrected chi connectivity index (χ3v) is 10.2. The molecule has 0 aromatic heterocycles. The first kappa shape index (κ1) is 51.6. The van der Waals surface area contributed by atoms with E-state index in [9.17, 15) is 33.6 Å². The standard InChI is InChI=1S/C40H72N4O10S/c1-5-7-9-11-13-15-17-19-21-23-36(48)53-27-32(54-37(49)24-22-20-18-16-14-12-10-8-6-2)28-55-29-34(43-31(4)45)40(52)42-30(3)39(51)44-33(38(41)50)25-26-35(46)47/h30,32-34H,5-29H2,1-4H3,(H2,41,50)(H,42,52)(H,43,45)(H,44,51)(H,46,47)/t30-,32-,33+,34+/m1/s1. The van der Waals surface area contributed by atoms with Gasteiger partial charge in [0.2, 0.25) is 23.6 Å². The first-order chi connectivity index (χ1) is 26.3. The summed E-state index contributed by atoms with van der Waals surface area (Å²) in [6, 6.07) is -3.48. The van der Waals surface area contributed by atoms with Crippen LogP contribution < -0.4 is 21.7 Å². The van der Waals surface area contributed by atoms with E-state index >= 15 is 0 Å². The Hall–Kier alpha value is -3.36. The Morgan fingerprint density at radius 3 is 1.58 bits per heavy atom. The second kappa shape index (κ2) is 33.9. The molecule has 4 amide bonds. The average Bonchev–Trinajstić information content (AvgIpc) is 3.13. The normalized spacial score (nSPS) is 13.2. The number of thioether (sulfide) groups is 1. The summed E-state index contributed by atoms with van der Waals surface area (Å²) in [6.07, 6.45) is 19.2. The minimum absolute atomic E-state index is 0.0426. The molecular weight excluding hydrogens is 729 g/mol. The van der Waals surface area contributed by atoms with Crippen molar-refractivity contribution >= 4 is 53.3 Å². The lowest BCUT2D eigenvalue weighted by Crippen LogP contribution is -2.55. The topological polar surface area (TPSA) is 220 Å². The maximum Gasteiger partial charge on any atom is 0.306 e. The van der Waals surface area contributed by atoms with E-state index in [2.05, 4.69) is 29.8 Å². The van der Waals surface area contributed by atoms with Crippen molar-refractivity contribution in [3.8, 4) is 0 Å². The number of nitrogens with one attached hydrogen (secondary N) is 3. The van der Waals surface area contributed by atoms with E-state index in [1.165, 1.54) is 89.8 Å². The van der Waals surface area contributed by atoms with Gasteiger partial charge < -0.3 is 36.3 Å². The molecule has 6 N–H and O–H groups in total. The highest BCUT2D eigenvalue weighted by atomic mass is 32.2. The second-order valence-electron chi connectivity index (χ2n) is 14.4. The van der Waals surface area contributed by atoms with E-state index in [0.29, 0.717) is 6.42 Å². The minimum atomic E-state index is -1.25. The Labute approximate surface area is 333 Å². The lowest BCUT2D eigenvalue weighted by atomic mass is 10.1. The van der Waals surface area contributed by atoms with E-state index in [1.54, 1.807) is 0 Å². The fraction of sp³-hybridized carbons (Fsp3) is 0.825. The summed E-state index contributed by atoms with van der Waals surface area (Å²) >= 11 is 1.21. The summed E-state index contributed by atoms with van der Waals surface area (Å²) in [7, 11) is 0. The Morgan fingerprint density at radius 1 is 0.618 bits per heavy atom. The fourth-order valence-corrected chi connectivity index (χ4v) is 6.79. The summed E-state index contributed by atoms with van der Waals surface area (Å²) in [4.78, 5) is 85.8. The number of unbranched alkanes of at least 4 members (excludes halogenated alkanes) is 16. The van der Waals surface area contributed by atoms with Crippen LogP contribution in [0, 0.1) is 0 Å². The van der Waals surface area contributed by atoms with Gasteiger partial charge in [-0.2, -0.15) is 11.8 Å². The first-order valence-corrected chi connectivity index (χ1v) is 21.8. The van der Waals surface area contributed by atoms with Crippen LogP contribution in [0.3, 0.4) is 0 Å².